The molecule has 0 aromatic heterocycles. The number of anilines is 1. The molecule has 3 aromatic rings. The van der Waals surface area contributed by atoms with Gasteiger partial charge in [-0.05, 0) is 42.3 Å². The van der Waals surface area contributed by atoms with E-state index in [1.165, 1.54) is 0 Å². The number of nitrogens with one attached hydrogen (secondary N) is 1. The van der Waals surface area contributed by atoms with Crippen molar-refractivity contribution >= 4 is 21.8 Å². The lowest BCUT2D eigenvalue weighted by Crippen LogP contribution is -2.12. The Morgan fingerprint density at radius 2 is 1.78 bits per heavy atom. The molecule has 3 rings (SSSR count). The largest absolute Gasteiger partial charge is 0.493 e. The van der Waals surface area contributed by atoms with Gasteiger partial charge in [0.05, 0.1) is 11.5 Å². The van der Waals surface area contributed by atoms with Gasteiger partial charge in [0.2, 0.25) is 0 Å². The van der Waals surface area contributed by atoms with Crippen LogP contribution in [0.1, 0.15) is 12.0 Å². The van der Waals surface area contributed by atoms with Gasteiger partial charge in [-0.1, -0.05) is 60.7 Å². The van der Waals surface area contributed by atoms with Gasteiger partial charge in [-0.2, -0.15) is 0 Å². The van der Waals surface area contributed by atoms with Crippen LogP contribution in [0.15, 0.2) is 89.8 Å². The molecule has 0 aliphatic carbocycles. The smallest absolute Gasteiger partial charge is 0.261 e. The number of sulfonamides is 1. The van der Waals surface area contributed by atoms with Crippen molar-refractivity contribution in [2.24, 2.45) is 0 Å². The van der Waals surface area contributed by atoms with Crippen molar-refractivity contribution in [3.05, 3.63) is 96.6 Å². The zero-order valence-corrected chi connectivity index (χ0v) is 15.5. The predicted molar refractivity (Wildman–Crippen MR) is 108 cm³/mol. The first kappa shape index (κ1) is 18.7. The highest BCUT2D eigenvalue weighted by Gasteiger charge is 2.13. The molecule has 3 aromatic carbocycles. The lowest BCUT2D eigenvalue weighted by Gasteiger charge is -2.08. The van der Waals surface area contributed by atoms with Crippen LogP contribution < -0.4 is 9.46 Å². The molecule has 0 spiro atoms. The number of rotatable bonds is 8. The Hall–Kier alpha value is -3.05. The van der Waals surface area contributed by atoms with Gasteiger partial charge in [0.1, 0.15) is 5.75 Å². The molecule has 0 fully saturated rings. The molecule has 27 heavy (non-hydrogen) atoms. The quantitative estimate of drug-likeness (QED) is 0.575. The van der Waals surface area contributed by atoms with E-state index in [0.717, 1.165) is 17.7 Å². The molecule has 0 aliphatic rings. The van der Waals surface area contributed by atoms with Crippen molar-refractivity contribution in [1.82, 2.24) is 0 Å². The van der Waals surface area contributed by atoms with Gasteiger partial charge < -0.3 is 4.74 Å². The third-order valence-corrected chi connectivity index (χ3v) is 5.12. The highest BCUT2D eigenvalue weighted by molar-refractivity contribution is 7.92. The van der Waals surface area contributed by atoms with Crippen molar-refractivity contribution < 1.29 is 13.2 Å². The summed E-state index contributed by atoms with van der Waals surface area (Å²) >= 11 is 0. The van der Waals surface area contributed by atoms with E-state index in [4.69, 9.17) is 4.74 Å². The second kappa shape index (κ2) is 9.05. The number of hydrogen-bond donors (Lipinski definition) is 1. The van der Waals surface area contributed by atoms with Crippen LogP contribution in [0.4, 0.5) is 5.69 Å². The summed E-state index contributed by atoms with van der Waals surface area (Å²) in [4.78, 5) is 0.237. The SMILES string of the molecule is O=S(=O)(Nc1cccc(/C=C/CCOc2[c]cccc2)c1)c1ccccc1. The van der Waals surface area contributed by atoms with Gasteiger partial charge in [0.15, 0.2) is 0 Å². The van der Waals surface area contributed by atoms with E-state index >= 15 is 0 Å². The highest BCUT2D eigenvalue weighted by Crippen LogP contribution is 2.18. The maximum atomic E-state index is 12.4. The average molecular weight is 378 g/mol. The predicted octanol–water partition coefficient (Wildman–Crippen LogP) is 4.77. The summed E-state index contributed by atoms with van der Waals surface area (Å²) in [5.74, 6) is 0.725. The van der Waals surface area contributed by atoms with E-state index in [1.54, 1.807) is 42.5 Å². The molecule has 0 aliphatic heterocycles. The first-order chi connectivity index (χ1) is 13.1. The van der Waals surface area contributed by atoms with Crippen LogP contribution in [-0.2, 0) is 10.0 Å². The van der Waals surface area contributed by atoms with Crippen molar-refractivity contribution in [2.75, 3.05) is 11.3 Å². The molecular formula is C22H20NO3S. The van der Waals surface area contributed by atoms with Crippen LogP contribution in [0.25, 0.3) is 6.08 Å². The maximum absolute atomic E-state index is 12.4. The standard InChI is InChI=1S/C22H20NO3S/c24-27(25,22-15-5-2-6-16-22)23-20-12-9-11-19(18-20)10-7-8-17-26-21-13-3-1-4-14-21/h1-7,9-13,15-16,18,23H,8,17H2/b10-7+. The summed E-state index contributed by atoms with van der Waals surface area (Å²) in [7, 11) is -3.59. The normalized spacial score (nSPS) is 11.4. The molecule has 1 N–H and O–H groups in total. The van der Waals surface area contributed by atoms with Crippen LogP contribution in [0, 0.1) is 6.07 Å². The summed E-state index contributed by atoms with van der Waals surface area (Å²) in [5.41, 5.74) is 1.44. The fourth-order valence-electron chi connectivity index (χ4n) is 2.44. The average Bonchev–Trinajstić information content (AvgIpc) is 2.69. The van der Waals surface area contributed by atoms with Gasteiger partial charge in [-0.25, -0.2) is 8.42 Å². The molecule has 0 heterocycles. The first-order valence-corrected chi connectivity index (χ1v) is 10.1. The van der Waals surface area contributed by atoms with Gasteiger partial charge in [-0.15, -0.1) is 0 Å². The number of para-hydroxylation sites is 1. The van der Waals surface area contributed by atoms with Crippen LogP contribution in [0.2, 0.25) is 0 Å². The van der Waals surface area contributed by atoms with Crippen LogP contribution in [0.3, 0.4) is 0 Å². The van der Waals surface area contributed by atoms with Crippen LogP contribution in [-0.4, -0.2) is 15.0 Å². The van der Waals surface area contributed by atoms with E-state index < -0.39 is 10.0 Å². The topological polar surface area (TPSA) is 55.4 Å². The fourth-order valence-corrected chi connectivity index (χ4v) is 3.51. The Morgan fingerprint density at radius 3 is 2.56 bits per heavy atom. The molecule has 1 radical (unpaired) electrons. The van der Waals surface area contributed by atoms with Crippen molar-refractivity contribution in [2.45, 2.75) is 11.3 Å². The Balaban J connectivity index is 1.57. The fraction of sp³-hybridized carbons (Fsp3) is 0.0909. The molecule has 5 heteroatoms. The summed E-state index contributed by atoms with van der Waals surface area (Å²) in [6.07, 6.45) is 4.68. The Kier molecular flexibility index (Phi) is 6.28. The highest BCUT2D eigenvalue weighted by atomic mass is 32.2. The molecule has 137 valence electrons. The molecule has 0 saturated heterocycles. The molecule has 0 saturated carbocycles. The van der Waals surface area contributed by atoms with E-state index in [-0.39, 0.29) is 4.90 Å². The minimum absolute atomic E-state index is 0.237. The Morgan fingerprint density at radius 1 is 0.963 bits per heavy atom. The summed E-state index contributed by atoms with van der Waals surface area (Å²) in [5, 5.41) is 0. The number of hydrogen-bond acceptors (Lipinski definition) is 3. The van der Waals surface area contributed by atoms with E-state index in [1.807, 2.05) is 48.6 Å². The van der Waals surface area contributed by atoms with Gasteiger partial charge in [0.25, 0.3) is 10.0 Å². The first-order valence-electron chi connectivity index (χ1n) is 8.57. The van der Waals surface area contributed by atoms with Crippen molar-refractivity contribution in [1.29, 1.82) is 0 Å². The molecular weight excluding hydrogens is 358 g/mol. The molecule has 4 nitrogen and oxygen atoms in total. The minimum Gasteiger partial charge on any atom is -0.493 e. The lowest BCUT2D eigenvalue weighted by molar-refractivity contribution is 0.324. The zero-order chi connectivity index (χ0) is 19.0. The van der Waals surface area contributed by atoms with Gasteiger partial charge >= 0.3 is 0 Å². The van der Waals surface area contributed by atoms with E-state index in [9.17, 15) is 8.42 Å². The third-order valence-electron chi connectivity index (χ3n) is 3.73. The third kappa shape index (κ3) is 5.72. The van der Waals surface area contributed by atoms with Gasteiger partial charge in [-0.3, -0.25) is 4.72 Å². The van der Waals surface area contributed by atoms with E-state index in [2.05, 4.69) is 10.8 Å². The monoisotopic (exact) mass is 378 g/mol. The van der Waals surface area contributed by atoms with Gasteiger partial charge in [0, 0.05) is 11.8 Å². The Labute approximate surface area is 160 Å². The maximum Gasteiger partial charge on any atom is 0.261 e. The second-order valence-corrected chi connectivity index (χ2v) is 7.49. The summed E-state index contributed by atoms with van der Waals surface area (Å²) < 4.78 is 33.0. The van der Waals surface area contributed by atoms with Crippen molar-refractivity contribution in [3.63, 3.8) is 0 Å². The molecule has 0 amide bonds. The Bertz CT molecular complexity index is 984. The number of ether oxygens (including phenoxy) is 1. The molecule has 0 unspecified atom stereocenters. The minimum atomic E-state index is -3.59. The lowest BCUT2D eigenvalue weighted by atomic mass is 10.2. The second-order valence-electron chi connectivity index (χ2n) is 5.81. The van der Waals surface area contributed by atoms with Crippen molar-refractivity contribution in [3.8, 4) is 5.75 Å². The summed E-state index contributed by atoms with van der Waals surface area (Å²) in [6, 6.07) is 26.1. The van der Waals surface area contributed by atoms with Crippen LogP contribution >= 0.6 is 0 Å². The molecule has 0 atom stereocenters. The number of benzene rings is 3. The zero-order valence-electron chi connectivity index (χ0n) is 14.7. The van der Waals surface area contributed by atoms with Crippen LogP contribution in [0.5, 0.6) is 5.75 Å². The van der Waals surface area contributed by atoms with E-state index in [0.29, 0.717) is 12.3 Å². The molecule has 0 bridgehead atoms. The summed E-state index contributed by atoms with van der Waals surface area (Å²) in [6.45, 7) is 0.553.